The standard InChI is InChI=1S/C20H21BrN4O4S2/c1-22-20-24-17(12-30-20)13-4-9-18(29-3)16(10-13)23-19(26)11-25(2)31(27,28)15-7-5-14(21)6-8-15/h4-10,12H,11H2,1-3H3,(H,22,24)(H,23,26). The third kappa shape index (κ3) is 5.42. The second kappa shape index (κ2) is 9.77. The smallest absolute Gasteiger partial charge is 0.243 e. The molecule has 0 spiro atoms. The second-order valence-electron chi connectivity index (χ2n) is 6.47. The van der Waals surface area contributed by atoms with Crippen molar-refractivity contribution in [2.75, 3.05) is 38.4 Å². The van der Waals surface area contributed by atoms with Gasteiger partial charge in [0.05, 0.1) is 29.9 Å². The summed E-state index contributed by atoms with van der Waals surface area (Å²) >= 11 is 4.74. The van der Waals surface area contributed by atoms with Crippen LogP contribution in [-0.4, -0.2) is 51.4 Å². The van der Waals surface area contributed by atoms with Crippen molar-refractivity contribution >= 4 is 54.0 Å². The number of nitrogens with one attached hydrogen (secondary N) is 2. The Morgan fingerprint density at radius 3 is 2.55 bits per heavy atom. The Bertz CT molecular complexity index is 1180. The largest absolute Gasteiger partial charge is 0.495 e. The maximum atomic E-state index is 12.7. The SMILES string of the molecule is CNc1nc(-c2ccc(OC)c(NC(=O)CN(C)S(=O)(=O)c3ccc(Br)cc3)c2)cs1. The summed E-state index contributed by atoms with van der Waals surface area (Å²) in [7, 11) is 0.845. The van der Waals surface area contributed by atoms with Crippen LogP contribution in [0.25, 0.3) is 11.3 Å². The molecule has 0 aliphatic heterocycles. The number of thiazole rings is 1. The van der Waals surface area contributed by atoms with E-state index >= 15 is 0 Å². The summed E-state index contributed by atoms with van der Waals surface area (Å²) in [4.78, 5) is 17.2. The summed E-state index contributed by atoms with van der Waals surface area (Å²) in [6, 6.07) is 11.5. The minimum Gasteiger partial charge on any atom is -0.495 e. The molecule has 0 saturated heterocycles. The van der Waals surface area contributed by atoms with Crippen molar-refractivity contribution in [3.63, 3.8) is 0 Å². The zero-order valence-electron chi connectivity index (χ0n) is 17.0. The molecule has 2 N–H and O–H groups in total. The van der Waals surface area contributed by atoms with E-state index in [0.717, 1.165) is 25.2 Å². The number of hydrogen-bond donors (Lipinski definition) is 2. The van der Waals surface area contributed by atoms with E-state index in [1.54, 1.807) is 31.3 Å². The van der Waals surface area contributed by atoms with Crippen molar-refractivity contribution in [2.24, 2.45) is 0 Å². The summed E-state index contributed by atoms with van der Waals surface area (Å²) in [5.74, 6) is -0.0348. The van der Waals surface area contributed by atoms with Gasteiger partial charge in [0.2, 0.25) is 15.9 Å². The third-order valence-corrected chi connectivity index (χ3v) is 7.58. The van der Waals surface area contributed by atoms with E-state index in [0.29, 0.717) is 11.4 Å². The number of benzene rings is 2. The molecule has 0 aliphatic carbocycles. The van der Waals surface area contributed by atoms with Gasteiger partial charge in [-0.25, -0.2) is 13.4 Å². The van der Waals surface area contributed by atoms with Gasteiger partial charge < -0.3 is 15.4 Å². The van der Waals surface area contributed by atoms with Crippen molar-refractivity contribution in [3.8, 4) is 17.0 Å². The van der Waals surface area contributed by atoms with Crippen molar-refractivity contribution in [1.29, 1.82) is 0 Å². The summed E-state index contributed by atoms with van der Waals surface area (Å²) in [6.45, 7) is -0.355. The van der Waals surface area contributed by atoms with E-state index in [1.807, 2.05) is 11.4 Å². The molecule has 1 aromatic heterocycles. The van der Waals surface area contributed by atoms with Gasteiger partial charge in [0.25, 0.3) is 0 Å². The third-order valence-electron chi connectivity index (χ3n) is 4.38. The van der Waals surface area contributed by atoms with Crippen LogP contribution in [0.3, 0.4) is 0 Å². The lowest BCUT2D eigenvalue weighted by Crippen LogP contribution is -2.35. The lowest BCUT2D eigenvalue weighted by Gasteiger charge is -2.18. The Labute approximate surface area is 193 Å². The molecule has 0 radical (unpaired) electrons. The van der Waals surface area contributed by atoms with Crippen LogP contribution in [0.4, 0.5) is 10.8 Å². The predicted molar refractivity (Wildman–Crippen MR) is 126 cm³/mol. The maximum Gasteiger partial charge on any atom is 0.243 e. The van der Waals surface area contributed by atoms with E-state index < -0.39 is 15.9 Å². The van der Waals surface area contributed by atoms with Crippen LogP contribution in [0, 0.1) is 0 Å². The monoisotopic (exact) mass is 524 g/mol. The molecule has 11 heteroatoms. The molecule has 0 unspecified atom stereocenters. The van der Waals surface area contributed by atoms with Gasteiger partial charge >= 0.3 is 0 Å². The van der Waals surface area contributed by atoms with Crippen LogP contribution < -0.4 is 15.4 Å². The fourth-order valence-corrected chi connectivity index (χ4v) is 4.82. The van der Waals surface area contributed by atoms with Gasteiger partial charge in [-0.1, -0.05) is 15.9 Å². The molecule has 1 amide bonds. The molecular weight excluding hydrogens is 504 g/mol. The van der Waals surface area contributed by atoms with Crippen molar-refractivity contribution < 1.29 is 17.9 Å². The minimum atomic E-state index is -3.81. The van der Waals surface area contributed by atoms with Crippen LogP contribution in [0.5, 0.6) is 5.75 Å². The quantitative estimate of drug-likeness (QED) is 0.463. The van der Waals surface area contributed by atoms with E-state index in [4.69, 9.17) is 4.74 Å². The molecule has 3 rings (SSSR count). The number of ether oxygens (including phenoxy) is 1. The maximum absolute atomic E-state index is 12.7. The number of likely N-dealkylation sites (N-methyl/N-ethyl adjacent to an activating group) is 1. The minimum absolute atomic E-state index is 0.106. The van der Waals surface area contributed by atoms with Crippen LogP contribution >= 0.6 is 27.3 Å². The van der Waals surface area contributed by atoms with Crippen molar-refractivity contribution in [1.82, 2.24) is 9.29 Å². The predicted octanol–water partition coefficient (Wildman–Crippen LogP) is 3.88. The Morgan fingerprint density at radius 1 is 1.23 bits per heavy atom. The molecule has 0 aliphatic rings. The molecule has 0 fully saturated rings. The Hall–Kier alpha value is -2.47. The molecular formula is C20H21BrN4O4S2. The highest BCUT2D eigenvalue weighted by molar-refractivity contribution is 9.10. The number of hydrogen-bond acceptors (Lipinski definition) is 7. The lowest BCUT2D eigenvalue weighted by atomic mass is 10.1. The zero-order chi connectivity index (χ0) is 22.6. The first-order chi connectivity index (χ1) is 14.7. The number of methoxy groups -OCH3 is 1. The lowest BCUT2D eigenvalue weighted by molar-refractivity contribution is -0.116. The number of carbonyl (C=O) groups excluding carboxylic acids is 1. The first kappa shape index (κ1) is 23.2. The first-order valence-electron chi connectivity index (χ1n) is 9.08. The highest BCUT2D eigenvalue weighted by Gasteiger charge is 2.23. The van der Waals surface area contributed by atoms with Gasteiger partial charge in [0, 0.05) is 29.5 Å². The molecule has 0 bridgehead atoms. The number of aromatic nitrogens is 1. The van der Waals surface area contributed by atoms with Gasteiger partial charge in [-0.05, 0) is 42.5 Å². The fourth-order valence-electron chi connectivity index (χ4n) is 2.75. The Morgan fingerprint density at radius 2 is 1.94 bits per heavy atom. The topological polar surface area (TPSA) is 101 Å². The molecule has 0 saturated carbocycles. The van der Waals surface area contributed by atoms with Crippen molar-refractivity contribution in [2.45, 2.75) is 4.90 Å². The van der Waals surface area contributed by atoms with Gasteiger partial charge in [-0.15, -0.1) is 11.3 Å². The number of carbonyl (C=O) groups is 1. The van der Waals surface area contributed by atoms with Gasteiger partial charge in [0.1, 0.15) is 5.75 Å². The Balaban J connectivity index is 1.77. The molecule has 1 heterocycles. The summed E-state index contributed by atoms with van der Waals surface area (Å²) in [6.07, 6.45) is 0. The fraction of sp³-hybridized carbons (Fsp3) is 0.200. The van der Waals surface area contributed by atoms with Gasteiger partial charge in [-0.3, -0.25) is 4.79 Å². The number of amides is 1. The number of sulfonamides is 1. The van der Waals surface area contributed by atoms with E-state index in [1.165, 1.54) is 37.6 Å². The Kier molecular flexibility index (Phi) is 7.31. The first-order valence-corrected chi connectivity index (χ1v) is 12.2. The van der Waals surface area contributed by atoms with Crippen LogP contribution in [0.1, 0.15) is 0 Å². The molecule has 31 heavy (non-hydrogen) atoms. The summed E-state index contributed by atoms with van der Waals surface area (Å²) < 4.78 is 32.5. The normalized spacial score (nSPS) is 11.4. The molecule has 0 atom stereocenters. The molecule has 164 valence electrons. The molecule has 2 aromatic carbocycles. The van der Waals surface area contributed by atoms with Crippen LogP contribution in [0.15, 0.2) is 57.2 Å². The highest BCUT2D eigenvalue weighted by atomic mass is 79.9. The van der Waals surface area contributed by atoms with E-state index in [-0.39, 0.29) is 11.4 Å². The van der Waals surface area contributed by atoms with Crippen LogP contribution in [0.2, 0.25) is 0 Å². The number of rotatable bonds is 8. The van der Waals surface area contributed by atoms with Crippen LogP contribution in [-0.2, 0) is 14.8 Å². The van der Waals surface area contributed by atoms with Gasteiger partial charge in [0.15, 0.2) is 5.13 Å². The van der Waals surface area contributed by atoms with Gasteiger partial charge in [-0.2, -0.15) is 4.31 Å². The number of nitrogens with zero attached hydrogens (tertiary/aromatic N) is 2. The summed E-state index contributed by atoms with van der Waals surface area (Å²) in [5.41, 5.74) is 1.98. The summed E-state index contributed by atoms with van der Waals surface area (Å²) in [5, 5.41) is 8.40. The average molecular weight is 525 g/mol. The van der Waals surface area contributed by atoms with Crippen molar-refractivity contribution in [3.05, 3.63) is 52.3 Å². The number of halogens is 1. The second-order valence-corrected chi connectivity index (χ2v) is 10.3. The zero-order valence-corrected chi connectivity index (χ0v) is 20.3. The van der Waals surface area contributed by atoms with E-state index in [2.05, 4.69) is 31.5 Å². The molecule has 3 aromatic rings. The van der Waals surface area contributed by atoms with E-state index in [9.17, 15) is 13.2 Å². The average Bonchev–Trinajstić information content (AvgIpc) is 3.23. The number of anilines is 2. The molecule has 8 nitrogen and oxygen atoms in total. The highest BCUT2D eigenvalue weighted by Crippen LogP contribution is 2.32.